The zero-order valence-electron chi connectivity index (χ0n) is 15.5. The summed E-state index contributed by atoms with van der Waals surface area (Å²) in [6.07, 6.45) is 2.14. The molecule has 1 heterocycles. The van der Waals surface area contributed by atoms with Crippen LogP contribution in [0, 0.1) is 6.92 Å². The van der Waals surface area contributed by atoms with Crippen LogP contribution >= 0.6 is 0 Å². The molecule has 0 aliphatic carbocycles. The van der Waals surface area contributed by atoms with Gasteiger partial charge in [0.25, 0.3) is 0 Å². The van der Waals surface area contributed by atoms with E-state index in [1.54, 1.807) is 28.8 Å². The van der Waals surface area contributed by atoms with Gasteiger partial charge in [0.2, 0.25) is 16.9 Å². The Hall–Kier alpha value is -1.57. The SMILES string of the molecule is BN(B(C)Cc1ccccc1)S(=O)(=O)c1cn(C(C)(C)CO)nc1C. The molecule has 2 aromatic rings. The molecule has 0 atom stereocenters. The van der Waals surface area contributed by atoms with Gasteiger partial charge in [-0.3, -0.25) is 8.81 Å². The molecule has 6 nitrogen and oxygen atoms in total. The number of hydrogen-bond acceptors (Lipinski definition) is 4. The van der Waals surface area contributed by atoms with Crippen LogP contribution in [0.2, 0.25) is 6.82 Å². The first kappa shape index (κ1) is 19.8. The maximum atomic E-state index is 13.0. The van der Waals surface area contributed by atoms with Gasteiger partial charge >= 0.3 is 0 Å². The van der Waals surface area contributed by atoms with Crippen LogP contribution in [-0.4, -0.2) is 48.9 Å². The van der Waals surface area contributed by atoms with E-state index in [0.717, 1.165) is 5.56 Å². The maximum Gasteiger partial charge on any atom is 0.228 e. The number of aromatic nitrogens is 2. The van der Waals surface area contributed by atoms with Gasteiger partial charge < -0.3 is 5.11 Å². The summed E-state index contributed by atoms with van der Waals surface area (Å²) in [5, 5.41) is 13.8. The van der Waals surface area contributed by atoms with Crippen molar-refractivity contribution in [3.8, 4) is 0 Å². The average molecular weight is 361 g/mol. The summed E-state index contributed by atoms with van der Waals surface area (Å²) in [6, 6.07) is 9.81. The maximum absolute atomic E-state index is 13.0. The van der Waals surface area contributed by atoms with Crippen molar-refractivity contribution in [2.45, 2.75) is 44.3 Å². The highest BCUT2D eigenvalue weighted by Gasteiger charge is 2.32. The summed E-state index contributed by atoms with van der Waals surface area (Å²) in [5.74, 6) is 0. The second-order valence-electron chi connectivity index (χ2n) is 7.05. The van der Waals surface area contributed by atoms with Crippen LogP contribution in [-0.2, 0) is 21.9 Å². The summed E-state index contributed by atoms with van der Waals surface area (Å²) < 4.78 is 29.0. The number of hydrogen-bond donors (Lipinski definition) is 1. The summed E-state index contributed by atoms with van der Waals surface area (Å²) in [7, 11) is -2.07. The topological polar surface area (TPSA) is 75.4 Å². The first-order valence-electron chi connectivity index (χ1n) is 8.29. The molecule has 0 aliphatic heterocycles. The molecule has 0 amide bonds. The fourth-order valence-corrected chi connectivity index (χ4v) is 4.06. The van der Waals surface area contributed by atoms with Crippen LogP contribution in [0.25, 0.3) is 0 Å². The lowest BCUT2D eigenvalue weighted by molar-refractivity contribution is 0.151. The molecule has 134 valence electrons. The molecule has 1 aromatic heterocycles. The van der Waals surface area contributed by atoms with Crippen LogP contribution in [0.15, 0.2) is 41.4 Å². The molecule has 0 unspecified atom stereocenters. The van der Waals surface area contributed by atoms with E-state index in [0.29, 0.717) is 12.0 Å². The van der Waals surface area contributed by atoms with Crippen molar-refractivity contribution in [3.05, 3.63) is 47.8 Å². The number of rotatable bonds is 7. The second kappa shape index (κ2) is 7.35. The third-order valence-electron chi connectivity index (χ3n) is 4.51. The van der Waals surface area contributed by atoms with Crippen molar-refractivity contribution in [1.82, 2.24) is 13.9 Å². The molecule has 0 saturated heterocycles. The Kier molecular flexibility index (Phi) is 5.81. The van der Waals surface area contributed by atoms with Crippen molar-refractivity contribution in [1.29, 1.82) is 0 Å². The van der Waals surface area contributed by atoms with Crippen LogP contribution in [0.3, 0.4) is 0 Å². The molecule has 0 saturated carbocycles. The van der Waals surface area contributed by atoms with Gasteiger partial charge in [0.05, 0.1) is 17.8 Å². The number of sulfonamides is 1. The van der Waals surface area contributed by atoms with Crippen molar-refractivity contribution in [2.24, 2.45) is 0 Å². The predicted octanol–water partition coefficient (Wildman–Crippen LogP) is 0.861. The van der Waals surface area contributed by atoms with Crippen molar-refractivity contribution >= 4 is 24.9 Å². The van der Waals surface area contributed by atoms with E-state index in [9.17, 15) is 13.5 Å². The lowest BCUT2D eigenvalue weighted by Gasteiger charge is -2.23. The van der Waals surface area contributed by atoms with Crippen molar-refractivity contribution < 1.29 is 13.5 Å². The zero-order valence-corrected chi connectivity index (χ0v) is 16.3. The molecule has 1 aromatic carbocycles. The average Bonchev–Trinajstić information content (AvgIpc) is 2.98. The molecular formula is C16H25B2N3O3S. The molecule has 0 fully saturated rings. The van der Waals surface area contributed by atoms with Crippen molar-refractivity contribution in [3.63, 3.8) is 0 Å². The van der Waals surface area contributed by atoms with E-state index in [1.165, 1.54) is 15.0 Å². The van der Waals surface area contributed by atoms with E-state index >= 15 is 0 Å². The van der Waals surface area contributed by atoms with Gasteiger partial charge in [0.15, 0.2) is 7.98 Å². The van der Waals surface area contributed by atoms with Gasteiger partial charge in [-0.1, -0.05) is 42.7 Å². The Morgan fingerprint density at radius 3 is 2.48 bits per heavy atom. The van der Waals surface area contributed by atoms with Crippen LogP contribution < -0.4 is 0 Å². The first-order chi connectivity index (χ1) is 11.6. The Bertz CT molecular complexity index is 822. The van der Waals surface area contributed by atoms with Gasteiger partial charge in [-0.15, -0.1) is 0 Å². The lowest BCUT2D eigenvalue weighted by Crippen LogP contribution is -2.41. The first-order valence-corrected chi connectivity index (χ1v) is 9.73. The summed E-state index contributed by atoms with van der Waals surface area (Å²) in [6.45, 7) is 6.85. The Labute approximate surface area is 151 Å². The van der Waals surface area contributed by atoms with Crippen LogP contribution in [0.5, 0.6) is 0 Å². The lowest BCUT2D eigenvalue weighted by atomic mass is 9.58. The largest absolute Gasteiger partial charge is 0.394 e. The zero-order chi connectivity index (χ0) is 18.8. The highest BCUT2D eigenvalue weighted by Crippen LogP contribution is 2.23. The molecule has 2 rings (SSSR count). The third kappa shape index (κ3) is 4.16. The Morgan fingerprint density at radius 2 is 1.92 bits per heavy atom. The monoisotopic (exact) mass is 361 g/mol. The number of aliphatic hydroxyl groups excluding tert-OH is 1. The van der Waals surface area contributed by atoms with E-state index in [1.807, 2.05) is 37.2 Å². The highest BCUT2D eigenvalue weighted by atomic mass is 32.2. The number of benzene rings is 1. The van der Waals surface area contributed by atoms with Gasteiger partial charge in [0.1, 0.15) is 4.90 Å². The third-order valence-corrected chi connectivity index (χ3v) is 6.59. The van der Waals surface area contributed by atoms with E-state index in [4.69, 9.17) is 0 Å². The molecule has 0 bridgehead atoms. The molecule has 0 radical (unpaired) electrons. The standard InChI is InChI=1S/C16H25B2N3O3S/c1-13-15(11-20(19-13)16(2,3)12-22)25(23,24)21(17)18(4)10-14-8-6-5-7-9-14/h5-9,11,22H,10,12,17H2,1-4H3. The number of nitrogens with zero attached hydrogens (tertiary/aromatic N) is 3. The quantitative estimate of drug-likeness (QED) is 0.743. The van der Waals surface area contributed by atoms with Gasteiger partial charge in [-0.05, 0) is 27.1 Å². The molecular weight excluding hydrogens is 336 g/mol. The van der Waals surface area contributed by atoms with Gasteiger partial charge in [-0.25, -0.2) is 8.42 Å². The minimum Gasteiger partial charge on any atom is -0.394 e. The normalized spacial score (nSPS) is 12.6. The van der Waals surface area contributed by atoms with Crippen LogP contribution in [0.1, 0.15) is 25.1 Å². The summed E-state index contributed by atoms with van der Waals surface area (Å²) in [4.78, 5) is 0.177. The fraction of sp³-hybridized carbons (Fsp3) is 0.438. The number of aryl methyl sites for hydroxylation is 1. The van der Waals surface area contributed by atoms with E-state index < -0.39 is 15.6 Å². The summed E-state index contributed by atoms with van der Waals surface area (Å²) in [5.41, 5.74) is 0.860. The Balaban J connectivity index is 2.28. The van der Waals surface area contributed by atoms with E-state index in [-0.39, 0.29) is 18.4 Å². The molecule has 25 heavy (non-hydrogen) atoms. The van der Waals surface area contributed by atoms with Gasteiger partial charge in [0, 0.05) is 6.20 Å². The summed E-state index contributed by atoms with van der Waals surface area (Å²) >= 11 is 0. The molecule has 0 aliphatic rings. The highest BCUT2D eigenvalue weighted by molar-refractivity contribution is 7.91. The molecule has 9 heteroatoms. The predicted molar refractivity (Wildman–Crippen MR) is 103 cm³/mol. The smallest absolute Gasteiger partial charge is 0.228 e. The number of aliphatic hydroxyl groups is 1. The molecule has 0 spiro atoms. The minimum atomic E-state index is -3.67. The fourth-order valence-electron chi connectivity index (χ4n) is 2.56. The minimum absolute atomic E-state index is 0.131. The Morgan fingerprint density at radius 1 is 1.32 bits per heavy atom. The molecule has 1 N–H and O–H groups in total. The van der Waals surface area contributed by atoms with E-state index in [2.05, 4.69) is 5.10 Å². The van der Waals surface area contributed by atoms with Crippen molar-refractivity contribution in [2.75, 3.05) is 6.61 Å². The van der Waals surface area contributed by atoms with Gasteiger partial charge in [-0.2, -0.15) is 5.10 Å². The second-order valence-corrected chi connectivity index (χ2v) is 9.02. The van der Waals surface area contributed by atoms with Crippen LogP contribution in [0.4, 0.5) is 0 Å².